The van der Waals surface area contributed by atoms with Gasteiger partial charge in [-0.25, -0.2) is 0 Å². The van der Waals surface area contributed by atoms with Crippen molar-refractivity contribution in [3.63, 3.8) is 0 Å². The van der Waals surface area contributed by atoms with E-state index in [0.717, 1.165) is 25.1 Å². The van der Waals surface area contributed by atoms with Crippen LogP contribution < -0.4 is 0 Å². The number of fused-ring (bicyclic) bond motifs is 1. The lowest BCUT2D eigenvalue weighted by atomic mass is 10.1. The molecule has 0 radical (unpaired) electrons. The quantitative estimate of drug-likeness (QED) is 0.837. The molecule has 80 valence electrons. The van der Waals surface area contributed by atoms with Crippen LogP contribution in [0.4, 0.5) is 0 Å². The lowest BCUT2D eigenvalue weighted by molar-refractivity contribution is 0.436. The number of nitrogens with zero attached hydrogens (tertiary/aromatic N) is 1. The van der Waals surface area contributed by atoms with E-state index in [9.17, 15) is 0 Å². The highest BCUT2D eigenvalue weighted by molar-refractivity contribution is 8.93. The van der Waals surface area contributed by atoms with Gasteiger partial charge in [-0.3, -0.25) is 5.41 Å². The van der Waals surface area contributed by atoms with Crippen LogP contribution in [0.25, 0.3) is 0 Å². The fourth-order valence-electron chi connectivity index (χ4n) is 1.78. The second-order valence-corrected chi connectivity index (χ2v) is 3.50. The van der Waals surface area contributed by atoms with E-state index < -0.39 is 0 Å². The van der Waals surface area contributed by atoms with Gasteiger partial charge in [-0.2, -0.15) is 0 Å². The Kier molecular flexibility index (Phi) is 4.09. The predicted molar refractivity (Wildman–Crippen MR) is 68.8 cm³/mol. The van der Waals surface area contributed by atoms with Gasteiger partial charge in [0, 0.05) is 18.7 Å². The summed E-state index contributed by atoms with van der Waals surface area (Å²) in [6, 6.07) is 8.14. The molecular weight excluding hydrogens is 252 g/mol. The van der Waals surface area contributed by atoms with Crippen molar-refractivity contribution < 1.29 is 0 Å². The summed E-state index contributed by atoms with van der Waals surface area (Å²) in [4.78, 5) is 2.09. The number of rotatable bonds is 3. The third-order valence-electron chi connectivity index (χ3n) is 2.55. The summed E-state index contributed by atoms with van der Waals surface area (Å²) in [5, 5.41) is 7.96. The molecule has 0 atom stereocenters. The summed E-state index contributed by atoms with van der Waals surface area (Å²) in [6.45, 7) is 5.48. The van der Waals surface area contributed by atoms with Crippen molar-refractivity contribution in [1.82, 2.24) is 4.90 Å². The van der Waals surface area contributed by atoms with Crippen molar-refractivity contribution in [2.45, 2.75) is 13.0 Å². The molecule has 1 N–H and O–H groups in total. The zero-order valence-electron chi connectivity index (χ0n) is 8.57. The average molecular weight is 267 g/mol. The fourth-order valence-corrected chi connectivity index (χ4v) is 1.78. The molecule has 0 spiro atoms. The Morgan fingerprint density at radius 3 is 2.80 bits per heavy atom. The van der Waals surface area contributed by atoms with Gasteiger partial charge in [0.05, 0.1) is 0 Å². The molecule has 0 saturated heterocycles. The molecule has 15 heavy (non-hydrogen) atoms. The van der Waals surface area contributed by atoms with E-state index in [2.05, 4.69) is 17.5 Å². The molecule has 2 rings (SSSR count). The third kappa shape index (κ3) is 2.29. The number of hydrogen-bond acceptors (Lipinski definition) is 1. The van der Waals surface area contributed by atoms with Crippen molar-refractivity contribution in [2.75, 3.05) is 6.54 Å². The summed E-state index contributed by atoms with van der Waals surface area (Å²) >= 11 is 0. The van der Waals surface area contributed by atoms with E-state index in [1.807, 2.05) is 24.3 Å². The molecule has 1 heterocycles. The van der Waals surface area contributed by atoms with Crippen molar-refractivity contribution in [2.24, 2.45) is 0 Å². The molecule has 0 aromatic heterocycles. The minimum atomic E-state index is 0. The van der Waals surface area contributed by atoms with Gasteiger partial charge in [0.15, 0.2) is 0 Å². The van der Waals surface area contributed by atoms with E-state index in [4.69, 9.17) is 5.41 Å². The van der Waals surface area contributed by atoms with Crippen LogP contribution in [0.5, 0.6) is 0 Å². The Hall–Kier alpha value is -1.09. The lowest BCUT2D eigenvalue weighted by Crippen LogP contribution is -2.24. The minimum Gasteiger partial charge on any atom is -0.352 e. The van der Waals surface area contributed by atoms with E-state index in [-0.39, 0.29) is 17.0 Å². The highest BCUT2D eigenvalue weighted by Gasteiger charge is 2.22. The zero-order valence-corrected chi connectivity index (χ0v) is 10.3. The Labute approximate surface area is 101 Å². The summed E-state index contributed by atoms with van der Waals surface area (Å²) < 4.78 is 0. The van der Waals surface area contributed by atoms with Crippen LogP contribution >= 0.6 is 17.0 Å². The van der Waals surface area contributed by atoms with Gasteiger partial charge < -0.3 is 4.90 Å². The van der Waals surface area contributed by atoms with Crippen molar-refractivity contribution in [3.8, 4) is 0 Å². The first-order chi connectivity index (χ1) is 6.83. The smallest absolute Gasteiger partial charge is 0.128 e. The molecule has 2 nitrogen and oxygen atoms in total. The van der Waals surface area contributed by atoms with Gasteiger partial charge in [0.1, 0.15) is 5.84 Å². The Morgan fingerprint density at radius 2 is 2.13 bits per heavy atom. The van der Waals surface area contributed by atoms with Gasteiger partial charge in [-0.1, -0.05) is 30.3 Å². The van der Waals surface area contributed by atoms with Crippen molar-refractivity contribution in [3.05, 3.63) is 48.0 Å². The highest BCUT2D eigenvalue weighted by atomic mass is 79.9. The topological polar surface area (TPSA) is 27.1 Å². The maximum absolute atomic E-state index is 7.96. The summed E-state index contributed by atoms with van der Waals surface area (Å²) in [6.07, 6.45) is 2.84. The van der Waals surface area contributed by atoms with Gasteiger partial charge in [-0.15, -0.1) is 23.6 Å². The van der Waals surface area contributed by atoms with Crippen LogP contribution in [0.3, 0.4) is 0 Å². The summed E-state index contributed by atoms with van der Waals surface area (Å²) in [5.41, 5.74) is 2.35. The maximum atomic E-state index is 7.96. The van der Waals surface area contributed by atoms with E-state index >= 15 is 0 Å². The molecule has 0 fully saturated rings. The van der Waals surface area contributed by atoms with E-state index in [1.54, 1.807) is 0 Å². The van der Waals surface area contributed by atoms with Crippen LogP contribution in [0.2, 0.25) is 0 Å². The largest absolute Gasteiger partial charge is 0.352 e. The van der Waals surface area contributed by atoms with Crippen molar-refractivity contribution in [1.29, 1.82) is 5.41 Å². The highest BCUT2D eigenvalue weighted by Crippen LogP contribution is 2.21. The van der Waals surface area contributed by atoms with E-state index in [1.165, 1.54) is 5.56 Å². The lowest BCUT2D eigenvalue weighted by Gasteiger charge is -2.16. The fraction of sp³-hybridized carbons (Fsp3) is 0.250. The monoisotopic (exact) mass is 266 g/mol. The first-order valence-corrected chi connectivity index (χ1v) is 4.85. The van der Waals surface area contributed by atoms with Crippen LogP contribution in [-0.4, -0.2) is 17.3 Å². The molecule has 1 aromatic carbocycles. The second-order valence-electron chi connectivity index (χ2n) is 3.50. The summed E-state index contributed by atoms with van der Waals surface area (Å²) in [7, 11) is 0. The SMILES string of the molecule is Br.C=CCCN1Cc2ccccc2C1=N. The van der Waals surface area contributed by atoms with Gasteiger partial charge in [0.2, 0.25) is 0 Å². The Balaban J connectivity index is 0.00000112. The molecular formula is C12H15BrN2. The minimum absolute atomic E-state index is 0. The predicted octanol–water partition coefficient (Wildman–Crippen LogP) is 2.98. The molecule has 0 aliphatic carbocycles. The standard InChI is InChI=1S/C12H14N2.BrH/c1-2-3-8-14-9-10-6-4-5-7-11(10)12(14)13;/h2,4-7,13H,1,3,8-9H2;1H. The van der Waals surface area contributed by atoms with Gasteiger partial charge >= 0.3 is 0 Å². The summed E-state index contributed by atoms with van der Waals surface area (Å²) in [5.74, 6) is 0.655. The first-order valence-electron chi connectivity index (χ1n) is 4.85. The van der Waals surface area contributed by atoms with Crippen LogP contribution in [0.15, 0.2) is 36.9 Å². The number of halogens is 1. The van der Waals surface area contributed by atoms with Crippen LogP contribution in [-0.2, 0) is 6.54 Å². The molecule has 0 bridgehead atoms. The Morgan fingerprint density at radius 1 is 1.40 bits per heavy atom. The molecule has 0 unspecified atom stereocenters. The zero-order chi connectivity index (χ0) is 9.97. The number of benzene rings is 1. The van der Waals surface area contributed by atoms with Crippen molar-refractivity contribution >= 4 is 22.8 Å². The molecule has 1 aliphatic heterocycles. The van der Waals surface area contributed by atoms with Crippen LogP contribution in [0, 0.1) is 5.41 Å². The van der Waals surface area contributed by atoms with Gasteiger partial charge in [-0.05, 0) is 12.0 Å². The average Bonchev–Trinajstić information content (AvgIpc) is 2.54. The molecule has 1 aromatic rings. The normalized spacial score (nSPS) is 13.3. The molecule has 0 amide bonds. The second kappa shape index (κ2) is 5.12. The van der Waals surface area contributed by atoms with Gasteiger partial charge in [0.25, 0.3) is 0 Å². The number of hydrogen-bond donors (Lipinski definition) is 1. The maximum Gasteiger partial charge on any atom is 0.128 e. The number of nitrogens with one attached hydrogen (secondary N) is 1. The first kappa shape index (κ1) is 12.0. The third-order valence-corrected chi connectivity index (χ3v) is 2.55. The number of amidine groups is 1. The molecule has 3 heteroatoms. The molecule has 0 saturated carbocycles. The Bertz CT molecular complexity index is 374. The van der Waals surface area contributed by atoms with E-state index in [0.29, 0.717) is 5.84 Å². The van der Waals surface area contributed by atoms with Crippen LogP contribution in [0.1, 0.15) is 17.5 Å². The molecule has 1 aliphatic rings.